The highest BCUT2D eigenvalue weighted by Gasteiger charge is 2.27. The molecule has 5 nitrogen and oxygen atoms in total. The molecule has 1 saturated heterocycles. The van der Waals surface area contributed by atoms with Crippen LogP contribution in [0.3, 0.4) is 0 Å². The van der Waals surface area contributed by atoms with Crippen molar-refractivity contribution in [1.82, 2.24) is 9.78 Å². The molecule has 1 aromatic rings. The topological polar surface area (TPSA) is 65.1 Å². The van der Waals surface area contributed by atoms with E-state index >= 15 is 0 Å². The number of aryl methyl sites for hydroxylation is 2. The predicted octanol–water partition coefficient (Wildman–Crippen LogP) is 2.41. The molecule has 0 radical (unpaired) electrons. The minimum absolute atomic E-state index is 0.386. The average Bonchev–Trinajstić information content (AvgIpc) is 2.95. The maximum atomic E-state index is 6.11. The van der Waals surface area contributed by atoms with Gasteiger partial charge in [0.15, 0.2) is 0 Å². The summed E-state index contributed by atoms with van der Waals surface area (Å²) >= 11 is 0. The smallest absolute Gasteiger partial charge is 0.148 e. The SMILES string of the molecule is CCCn1nc(C)c(N)c1NCC1CCOC1CC. The molecule has 0 spiro atoms. The molecule has 1 aliphatic rings. The van der Waals surface area contributed by atoms with Gasteiger partial charge in [0.2, 0.25) is 0 Å². The van der Waals surface area contributed by atoms with E-state index in [4.69, 9.17) is 10.5 Å². The van der Waals surface area contributed by atoms with Crippen LogP contribution in [0.1, 0.15) is 38.8 Å². The lowest BCUT2D eigenvalue weighted by Gasteiger charge is -2.18. The van der Waals surface area contributed by atoms with Gasteiger partial charge in [0.1, 0.15) is 5.82 Å². The third-order valence-electron chi connectivity index (χ3n) is 3.89. The Morgan fingerprint density at radius 1 is 1.47 bits per heavy atom. The van der Waals surface area contributed by atoms with Crippen LogP contribution in [0.15, 0.2) is 0 Å². The van der Waals surface area contributed by atoms with E-state index in [0.717, 1.165) is 56.2 Å². The molecule has 0 aromatic carbocycles. The summed E-state index contributed by atoms with van der Waals surface area (Å²) in [5.41, 5.74) is 7.79. The second kappa shape index (κ2) is 6.28. The van der Waals surface area contributed by atoms with Crippen molar-refractivity contribution >= 4 is 11.5 Å². The standard InChI is InChI=1S/C14H26N4O/c1-4-7-18-14(13(15)10(3)17-18)16-9-11-6-8-19-12(11)5-2/h11-12,16H,4-9,15H2,1-3H3. The van der Waals surface area contributed by atoms with Gasteiger partial charge in [0.05, 0.1) is 17.5 Å². The van der Waals surface area contributed by atoms with Crippen LogP contribution in [0.2, 0.25) is 0 Å². The van der Waals surface area contributed by atoms with E-state index in [2.05, 4.69) is 24.3 Å². The Hall–Kier alpha value is -1.23. The van der Waals surface area contributed by atoms with Crippen molar-refractivity contribution in [2.24, 2.45) is 5.92 Å². The Kier molecular flexibility index (Phi) is 4.69. The van der Waals surface area contributed by atoms with E-state index in [1.54, 1.807) is 0 Å². The van der Waals surface area contributed by atoms with Gasteiger partial charge in [-0.2, -0.15) is 5.10 Å². The Labute approximate surface area is 115 Å². The largest absolute Gasteiger partial charge is 0.394 e. The number of nitrogen functional groups attached to an aromatic ring is 1. The number of nitrogens with one attached hydrogen (secondary N) is 1. The molecule has 1 fully saturated rings. The normalized spacial score (nSPS) is 22.9. The number of aromatic nitrogens is 2. The van der Waals surface area contributed by atoms with Crippen molar-refractivity contribution in [1.29, 1.82) is 0 Å². The number of hydrogen-bond acceptors (Lipinski definition) is 4. The zero-order valence-electron chi connectivity index (χ0n) is 12.3. The maximum Gasteiger partial charge on any atom is 0.148 e. The molecule has 5 heteroatoms. The van der Waals surface area contributed by atoms with Crippen LogP contribution in [0.25, 0.3) is 0 Å². The highest BCUT2D eigenvalue weighted by Crippen LogP contribution is 2.27. The Morgan fingerprint density at radius 3 is 2.95 bits per heavy atom. The Morgan fingerprint density at radius 2 is 2.26 bits per heavy atom. The van der Waals surface area contributed by atoms with Gasteiger partial charge in [-0.1, -0.05) is 13.8 Å². The number of anilines is 2. The molecule has 2 rings (SSSR count). The first-order chi connectivity index (χ1) is 9.17. The minimum Gasteiger partial charge on any atom is -0.394 e. The van der Waals surface area contributed by atoms with Gasteiger partial charge in [-0.25, -0.2) is 4.68 Å². The van der Waals surface area contributed by atoms with E-state index in [1.807, 2.05) is 11.6 Å². The summed E-state index contributed by atoms with van der Waals surface area (Å²) in [6, 6.07) is 0. The van der Waals surface area contributed by atoms with Crippen molar-refractivity contribution < 1.29 is 4.74 Å². The molecule has 0 aliphatic carbocycles. The third-order valence-corrected chi connectivity index (χ3v) is 3.89. The predicted molar refractivity (Wildman–Crippen MR) is 78.3 cm³/mol. The number of ether oxygens (including phenoxy) is 1. The van der Waals surface area contributed by atoms with Crippen LogP contribution >= 0.6 is 0 Å². The lowest BCUT2D eigenvalue weighted by Crippen LogP contribution is -2.24. The third kappa shape index (κ3) is 3.03. The number of hydrogen-bond donors (Lipinski definition) is 2. The highest BCUT2D eigenvalue weighted by atomic mass is 16.5. The first kappa shape index (κ1) is 14.2. The van der Waals surface area contributed by atoms with Gasteiger partial charge in [0.25, 0.3) is 0 Å². The van der Waals surface area contributed by atoms with Crippen LogP contribution < -0.4 is 11.1 Å². The van der Waals surface area contributed by atoms with E-state index in [9.17, 15) is 0 Å². The molecule has 1 aliphatic heterocycles. The molecule has 1 aromatic heterocycles. The molecule has 0 amide bonds. The molecular weight excluding hydrogens is 240 g/mol. The molecule has 0 bridgehead atoms. The molecule has 3 N–H and O–H groups in total. The summed E-state index contributed by atoms with van der Waals surface area (Å²) in [4.78, 5) is 0. The van der Waals surface area contributed by atoms with Crippen LogP contribution in [0.5, 0.6) is 0 Å². The van der Waals surface area contributed by atoms with E-state index < -0.39 is 0 Å². The first-order valence-corrected chi connectivity index (χ1v) is 7.35. The van der Waals surface area contributed by atoms with Crippen LogP contribution in [-0.4, -0.2) is 29.0 Å². The first-order valence-electron chi connectivity index (χ1n) is 7.35. The van der Waals surface area contributed by atoms with Gasteiger partial charge in [-0.15, -0.1) is 0 Å². The molecule has 2 heterocycles. The van der Waals surface area contributed by atoms with E-state index in [0.29, 0.717) is 12.0 Å². The van der Waals surface area contributed by atoms with Crippen molar-refractivity contribution in [2.75, 3.05) is 24.2 Å². The van der Waals surface area contributed by atoms with Gasteiger partial charge < -0.3 is 15.8 Å². The second-order valence-corrected chi connectivity index (χ2v) is 5.32. The van der Waals surface area contributed by atoms with Crippen molar-refractivity contribution in [2.45, 2.75) is 52.7 Å². The fourth-order valence-electron chi connectivity index (χ4n) is 2.76. The number of rotatable bonds is 6. The number of nitrogens with two attached hydrogens (primary N) is 1. The second-order valence-electron chi connectivity index (χ2n) is 5.32. The summed E-state index contributed by atoms with van der Waals surface area (Å²) in [6.07, 6.45) is 3.65. The summed E-state index contributed by atoms with van der Waals surface area (Å²) < 4.78 is 7.71. The van der Waals surface area contributed by atoms with Crippen LogP contribution in [-0.2, 0) is 11.3 Å². The van der Waals surface area contributed by atoms with Crippen molar-refractivity contribution in [3.8, 4) is 0 Å². The molecule has 19 heavy (non-hydrogen) atoms. The zero-order chi connectivity index (χ0) is 13.8. The van der Waals surface area contributed by atoms with Crippen molar-refractivity contribution in [3.63, 3.8) is 0 Å². The van der Waals surface area contributed by atoms with Gasteiger partial charge in [-0.05, 0) is 26.2 Å². The van der Waals surface area contributed by atoms with Crippen molar-refractivity contribution in [3.05, 3.63) is 5.69 Å². The van der Waals surface area contributed by atoms with E-state index in [-0.39, 0.29) is 0 Å². The summed E-state index contributed by atoms with van der Waals surface area (Å²) in [5.74, 6) is 1.55. The molecule has 108 valence electrons. The molecular formula is C14H26N4O. The zero-order valence-corrected chi connectivity index (χ0v) is 12.3. The average molecular weight is 266 g/mol. The Bertz CT molecular complexity index is 416. The summed E-state index contributed by atoms with van der Waals surface area (Å²) in [5, 5.41) is 7.97. The molecule has 2 atom stereocenters. The van der Waals surface area contributed by atoms with Gasteiger partial charge in [0, 0.05) is 25.6 Å². The molecule has 2 unspecified atom stereocenters. The molecule has 0 saturated carbocycles. The van der Waals surface area contributed by atoms with Gasteiger partial charge in [-0.3, -0.25) is 0 Å². The number of nitrogens with zero attached hydrogens (tertiary/aromatic N) is 2. The summed E-state index contributed by atoms with van der Waals surface area (Å²) in [7, 11) is 0. The minimum atomic E-state index is 0.386. The fraction of sp³-hybridized carbons (Fsp3) is 0.786. The lowest BCUT2D eigenvalue weighted by atomic mass is 10.00. The van der Waals surface area contributed by atoms with Crippen LogP contribution in [0.4, 0.5) is 11.5 Å². The maximum absolute atomic E-state index is 6.11. The Balaban J connectivity index is 2.02. The lowest BCUT2D eigenvalue weighted by molar-refractivity contribution is 0.0900. The fourth-order valence-corrected chi connectivity index (χ4v) is 2.76. The van der Waals surface area contributed by atoms with Crippen LogP contribution in [0, 0.1) is 12.8 Å². The summed E-state index contributed by atoms with van der Waals surface area (Å²) in [6.45, 7) is 8.99. The highest BCUT2D eigenvalue weighted by molar-refractivity contribution is 5.64. The quantitative estimate of drug-likeness (QED) is 0.830. The van der Waals surface area contributed by atoms with E-state index in [1.165, 1.54) is 0 Å². The van der Waals surface area contributed by atoms with Gasteiger partial charge >= 0.3 is 0 Å². The monoisotopic (exact) mass is 266 g/mol.